The van der Waals surface area contributed by atoms with Gasteiger partial charge in [-0.2, -0.15) is 0 Å². The van der Waals surface area contributed by atoms with E-state index in [2.05, 4.69) is 0 Å². The Balaban J connectivity index is 2.33. The molecule has 1 aromatic rings. The zero-order valence-electron chi connectivity index (χ0n) is 11.9. The van der Waals surface area contributed by atoms with Crippen LogP contribution in [0.15, 0.2) is 18.2 Å². The van der Waals surface area contributed by atoms with Crippen LogP contribution in [-0.2, 0) is 4.79 Å². The number of carboxylic acid groups (broad SMARTS) is 1. The number of carbonyl (C=O) groups excluding carboxylic acids is 1. The molecule has 1 N–H and O–H groups in total. The number of nitrogens with zero attached hydrogens (tertiary/aromatic N) is 3. The van der Waals surface area contributed by atoms with E-state index in [-0.39, 0.29) is 18.7 Å². The molecule has 0 aromatic heterocycles. The molecule has 122 valence electrons. The lowest BCUT2D eigenvalue weighted by Crippen LogP contribution is -2.42. The Bertz CT molecular complexity index is 688. The number of aliphatic carboxylic acids is 1. The van der Waals surface area contributed by atoms with Crippen LogP contribution in [0.4, 0.5) is 11.4 Å². The van der Waals surface area contributed by atoms with Gasteiger partial charge in [0.25, 0.3) is 17.3 Å². The average Bonchev–Trinajstić information content (AvgIpc) is 2.53. The van der Waals surface area contributed by atoms with Crippen LogP contribution >= 0.6 is 0 Å². The summed E-state index contributed by atoms with van der Waals surface area (Å²) in [6.07, 6.45) is 0.908. The number of amides is 1. The van der Waals surface area contributed by atoms with Gasteiger partial charge in [0.1, 0.15) is 5.56 Å². The molecular formula is C13H13N3O7. The smallest absolute Gasteiger partial charge is 0.308 e. The Morgan fingerprint density at radius 1 is 1.22 bits per heavy atom. The number of carboxylic acids is 1. The molecule has 0 radical (unpaired) electrons. The minimum atomic E-state index is -1.03. The highest BCUT2D eigenvalue weighted by atomic mass is 16.6. The second kappa shape index (κ2) is 6.38. The van der Waals surface area contributed by atoms with Crippen LogP contribution in [0.1, 0.15) is 23.2 Å². The number of hydrogen-bond acceptors (Lipinski definition) is 6. The van der Waals surface area contributed by atoms with Crippen molar-refractivity contribution in [1.29, 1.82) is 0 Å². The molecule has 10 nitrogen and oxygen atoms in total. The highest BCUT2D eigenvalue weighted by Crippen LogP contribution is 2.27. The third-order valence-corrected chi connectivity index (χ3v) is 3.68. The third kappa shape index (κ3) is 3.42. The largest absolute Gasteiger partial charge is 0.481 e. The molecule has 1 fully saturated rings. The zero-order chi connectivity index (χ0) is 17.1. The van der Waals surface area contributed by atoms with Gasteiger partial charge >= 0.3 is 5.97 Å². The maximum atomic E-state index is 12.4. The minimum absolute atomic E-state index is 0.0394. The Kier molecular flexibility index (Phi) is 4.53. The van der Waals surface area contributed by atoms with Gasteiger partial charge in [-0.1, -0.05) is 0 Å². The van der Waals surface area contributed by atoms with Crippen molar-refractivity contribution in [3.63, 3.8) is 0 Å². The van der Waals surface area contributed by atoms with E-state index in [1.807, 2.05) is 0 Å². The minimum Gasteiger partial charge on any atom is -0.481 e. The van der Waals surface area contributed by atoms with Crippen LogP contribution in [0.3, 0.4) is 0 Å². The molecule has 0 aliphatic carbocycles. The fraction of sp³-hybridized carbons (Fsp3) is 0.385. The predicted molar refractivity (Wildman–Crippen MR) is 76.0 cm³/mol. The number of nitro benzene ring substituents is 2. The average molecular weight is 323 g/mol. The number of benzene rings is 1. The lowest BCUT2D eigenvalue weighted by Gasteiger charge is -2.30. The van der Waals surface area contributed by atoms with E-state index in [1.54, 1.807) is 0 Å². The summed E-state index contributed by atoms with van der Waals surface area (Å²) in [7, 11) is 0. The van der Waals surface area contributed by atoms with E-state index in [0.717, 1.165) is 18.2 Å². The number of piperidine rings is 1. The first-order chi connectivity index (χ1) is 10.8. The second-order valence-electron chi connectivity index (χ2n) is 5.14. The van der Waals surface area contributed by atoms with Crippen LogP contribution in [0.25, 0.3) is 0 Å². The summed E-state index contributed by atoms with van der Waals surface area (Å²) in [5.41, 5.74) is -1.44. The summed E-state index contributed by atoms with van der Waals surface area (Å²) in [6.45, 7) is 0.249. The lowest BCUT2D eigenvalue weighted by molar-refractivity contribution is -0.394. The first-order valence-corrected chi connectivity index (χ1v) is 6.76. The van der Waals surface area contributed by atoms with E-state index >= 15 is 0 Å². The predicted octanol–water partition coefficient (Wildman–Crippen LogP) is 1.44. The number of likely N-dealkylation sites (tertiary alicyclic amines) is 1. The lowest BCUT2D eigenvalue weighted by atomic mass is 9.97. The first kappa shape index (κ1) is 16.3. The van der Waals surface area contributed by atoms with Gasteiger partial charge in [-0.05, 0) is 18.9 Å². The van der Waals surface area contributed by atoms with Crippen molar-refractivity contribution in [2.75, 3.05) is 13.1 Å². The summed E-state index contributed by atoms with van der Waals surface area (Å²) in [4.78, 5) is 44.8. The van der Waals surface area contributed by atoms with E-state index in [0.29, 0.717) is 12.8 Å². The molecular weight excluding hydrogens is 310 g/mol. The molecule has 1 aliphatic heterocycles. The van der Waals surface area contributed by atoms with E-state index < -0.39 is 39.0 Å². The molecule has 1 aromatic carbocycles. The quantitative estimate of drug-likeness (QED) is 0.652. The van der Waals surface area contributed by atoms with Crippen molar-refractivity contribution in [3.05, 3.63) is 44.0 Å². The SMILES string of the molecule is O=C(O)C1CCCN(C(=O)c2ccc([N+](=O)[O-])cc2[N+](=O)[O-])C1. The van der Waals surface area contributed by atoms with E-state index in [4.69, 9.17) is 5.11 Å². The number of rotatable bonds is 4. The van der Waals surface area contributed by atoms with Crippen molar-refractivity contribution in [1.82, 2.24) is 4.90 Å². The van der Waals surface area contributed by atoms with Crippen molar-refractivity contribution >= 4 is 23.3 Å². The van der Waals surface area contributed by atoms with Crippen molar-refractivity contribution in [2.24, 2.45) is 5.92 Å². The monoisotopic (exact) mass is 323 g/mol. The Morgan fingerprint density at radius 2 is 1.91 bits per heavy atom. The standard InChI is InChI=1S/C13H13N3O7/c17-12(14-5-1-2-8(7-14)13(18)19)10-4-3-9(15(20)21)6-11(10)16(22)23/h3-4,6,8H,1-2,5,7H2,(H,18,19). The zero-order valence-corrected chi connectivity index (χ0v) is 11.9. The summed E-state index contributed by atoms with van der Waals surface area (Å²) >= 11 is 0. The number of non-ortho nitro benzene ring substituents is 1. The van der Waals surface area contributed by atoms with Gasteiger partial charge in [0.2, 0.25) is 0 Å². The van der Waals surface area contributed by atoms with Crippen molar-refractivity contribution in [3.8, 4) is 0 Å². The van der Waals surface area contributed by atoms with E-state index in [9.17, 15) is 29.8 Å². The van der Waals surface area contributed by atoms with Crippen LogP contribution in [0, 0.1) is 26.1 Å². The molecule has 0 saturated carbocycles. The maximum Gasteiger partial charge on any atom is 0.308 e. The van der Waals surface area contributed by atoms with Crippen LogP contribution < -0.4 is 0 Å². The molecule has 0 bridgehead atoms. The van der Waals surface area contributed by atoms with Crippen molar-refractivity contribution < 1.29 is 24.5 Å². The van der Waals surface area contributed by atoms with Crippen molar-refractivity contribution in [2.45, 2.75) is 12.8 Å². The normalized spacial score (nSPS) is 17.6. The molecule has 0 spiro atoms. The number of hydrogen-bond donors (Lipinski definition) is 1. The van der Waals surface area contributed by atoms with Gasteiger partial charge in [-0.25, -0.2) is 0 Å². The molecule has 1 amide bonds. The topological polar surface area (TPSA) is 144 Å². The highest BCUT2D eigenvalue weighted by molar-refractivity contribution is 5.98. The number of nitro groups is 2. The third-order valence-electron chi connectivity index (χ3n) is 3.68. The first-order valence-electron chi connectivity index (χ1n) is 6.76. The van der Waals surface area contributed by atoms with Gasteiger partial charge in [0.15, 0.2) is 0 Å². The van der Waals surface area contributed by atoms with Gasteiger partial charge < -0.3 is 10.0 Å². The molecule has 1 heterocycles. The van der Waals surface area contributed by atoms with Gasteiger partial charge in [0.05, 0.1) is 21.8 Å². The van der Waals surface area contributed by atoms with Gasteiger partial charge in [0, 0.05) is 19.2 Å². The molecule has 10 heteroatoms. The molecule has 1 aliphatic rings. The number of carbonyl (C=O) groups is 2. The summed E-state index contributed by atoms with van der Waals surface area (Å²) in [6, 6.07) is 2.77. The second-order valence-corrected chi connectivity index (χ2v) is 5.14. The fourth-order valence-electron chi connectivity index (χ4n) is 2.50. The van der Waals surface area contributed by atoms with Gasteiger partial charge in [-0.15, -0.1) is 0 Å². The molecule has 2 rings (SSSR count). The summed E-state index contributed by atoms with van der Waals surface area (Å²) in [5, 5.41) is 30.8. The van der Waals surface area contributed by atoms with Crippen LogP contribution in [0.2, 0.25) is 0 Å². The van der Waals surface area contributed by atoms with Crippen LogP contribution in [-0.4, -0.2) is 44.8 Å². The highest BCUT2D eigenvalue weighted by Gasteiger charge is 2.32. The Morgan fingerprint density at radius 3 is 2.48 bits per heavy atom. The fourth-order valence-corrected chi connectivity index (χ4v) is 2.50. The maximum absolute atomic E-state index is 12.4. The molecule has 1 unspecified atom stereocenters. The summed E-state index contributed by atoms with van der Waals surface area (Å²) in [5.74, 6) is -2.44. The molecule has 23 heavy (non-hydrogen) atoms. The van der Waals surface area contributed by atoms with Crippen LogP contribution in [0.5, 0.6) is 0 Å². The molecule has 1 saturated heterocycles. The van der Waals surface area contributed by atoms with Gasteiger partial charge in [-0.3, -0.25) is 29.8 Å². The Hall–Kier alpha value is -3.04. The Labute approximate surface area is 129 Å². The summed E-state index contributed by atoms with van der Waals surface area (Å²) < 4.78 is 0. The van der Waals surface area contributed by atoms with E-state index in [1.165, 1.54) is 4.90 Å². The molecule has 1 atom stereocenters.